The third-order valence-corrected chi connectivity index (χ3v) is 4.20. The highest BCUT2D eigenvalue weighted by Crippen LogP contribution is 2.35. The topological polar surface area (TPSA) is 60.7 Å². The van der Waals surface area contributed by atoms with Crippen molar-refractivity contribution in [3.05, 3.63) is 66.7 Å². The molecular weight excluding hydrogens is 335 g/mol. The predicted octanol–water partition coefficient (Wildman–Crippen LogP) is 4.01. The summed E-state index contributed by atoms with van der Waals surface area (Å²) in [5.41, 5.74) is 3.22. The maximum atomic E-state index is 13.2. The van der Waals surface area contributed by atoms with Crippen molar-refractivity contribution in [1.29, 1.82) is 0 Å². The summed E-state index contributed by atoms with van der Waals surface area (Å²) in [7, 11) is 0. The minimum Gasteiger partial charge on any atom is -0.454 e. The summed E-state index contributed by atoms with van der Waals surface area (Å²) < 4.78 is 25.6. The van der Waals surface area contributed by atoms with E-state index in [1.807, 2.05) is 24.3 Å². The van der Waals surface area contributed by atoms with E-state index in [1.54, 1.807) is 29.0 Å². The Bertz CT molecular complexity index is 1110. The summed E-state index contributed by atoms with van der Waals surface area (Å²) in [6, 6.07) is 13.7. The summed E-state index contributed by atoms with van der Waals surface area (Å²) in [4.78, 5) is 4.42. The molecule has 0 spiro atoms. The molecule has 1 aliphatic rings. The van der Waals surface area contributed by atoms with Gasteiger partial charge in [-0.25, -0.2) is 9.37 Å². The molecule has 0 amide bonds. The predicted molar refractivity (Wildman–Crippen MR) is 94.2 cm³/mol. The van der Waals surface area contributed by atoms with Crippen molar-refractivity contribution >= 4 is 17.2 Å². The van der Waals surface area contributed by atoms with Gasteiger partial charge < -0.3 is 14.8 Å². The largest absolute Gasteiger partial charge is 0.454 e. The van der Waals surface area contributed by atoms with Crippen LogP contribution < -0.4 is 14.8 Å². The van der Waals surface area contributed by atoms with Crippen molar-refractivity contribution in [1.82, 2.24) is 14.6 Å². The lowest BCUT2D eigenvalue weighted by molar-refractivity contribution is 0.174. The van der Waals surface area contributed by atoms with Crippen LogP contribution >= 0.6 is 0 Å². The van der Waals surface area contributed by atoms with Crippen LogP contribution in [0.2, 0.25) is 0 Å². The van der Waals surface area contributed by atoms with Gasteiger partial charge in [-0.3, -0.25) is 0 Å². The van der Waals surface area contributed by atoms with Crippen LogP contribution in [-0.2, 0) is 0 Å². The average molecular weight is 348 g/mol. The maximum Gasteiger partial charge on any atom is 0.231 e. The van der Waals surface area contributed by atoms with Gasteiger partial charge in [-0.05, 0) is 35.9 Å². The zero-order valence-corrected chi connectivity index (χ0v) is 13.5. The highest BCUT2D eigenvalue weighted by molar-refractivity contribution is 5.78. The number of nitrogens with zero attached hydrogens (tertiary/aromatic N) is 3. The lowest BCUT2D eigenvalue weighted by atomic mass is 10.1. The highest BCUT2D eigenvalue weighted by Gasteiger charge is 2.15. The zero-order valence-electron chi connectivity index (χ0n) is 13.5. The number of ether oxygens (including phenoxy) is 2. The molecule has 1 aliphatic heterocycles. The summed E-state index contributed by atoms with van der Waals surface area (Å²) in [5, 5.41) is 7.74. The quantitative estimate of drug-likeness (QED) is 0.606. The number of nitrogens with one attached hydrogen (secondary N) is 1. The van der Waals surface area contributed by atoms with E-state index in [-0.39, 0.29) is 12.6 Å². The van der Waals surface area contributed by atoms with Crippen molar-refractivity contribution in [3.8, 4) is 22.6 Å². The van der Waals surface area contributed by atoms with Crippen LogP contribution in [0.25, 0.3) is 16.8 Å². The molecule has 26 heavy (non-hydrogen) atoms. The van der Waals surface area contributed by atoms with Gasteiger partial charge in [0.25, 0.3) is 0 Å². The Labute approximate surface area is 147 Å². The first kappa shape index (κ1) is 14.7. The molecule has 0 atom stereocenters. The normalized spacial score (nSPS) is 12.5. The van der Waals surface area contributed by atoms with Crippen LogP contribution in [0, 0.1) is 5.82 Å². The lowest BCUT2D eigenvalue weighted by Gasteiger charge is -2.09. The number of benzene rings is 2. The Kier molecular flexibility index (Phi) is 3.24. The fraction of sp³-hybridized carbons (Fsp3) is 0.0526. The molecule has 7 heteroatoms. The van der Waals surface area contributed by atoms with E-state index in [1.165, 1.54) is 12.1 Å². The molecule has 0 radical (unpaired) electrons. The van der Waals surface area contributed by atoms with Crippen LogP contribution in [0.5, 0.6) is 11.5 Å². The first-order chi connectivity index (χ1) is 12.8. The standard InChI is InChI=1S/C19H13FN4O2/c20-13-3-1-12(2-4-13)15-10-22-24-18(7-8-21-19(15)24)23-14-5-6-16-17(9-14)26-11-25-16/h1-10,23H,11H2. The Morgan fingerprint density at radius 2 is 1.85 bits per heavy atom. The fourth-order valence-electron chi connectivity index (χ4n) is 2.94. The number of hydrogen-bond donors (Lipinski definition) is 1. The molecule has 4 aromatic rings. The third kappa shape index (κ3) is 2.41. The average Bonchev–Trinajstić information content (AvgIpc) is 3.29. The van der Waals surface area contributed by atoms with Crippen molar-refractivity contribution in [2.24, 2.45) is 0 Å². The van der Waals surface area contributed by atoms with Gasteiger partial charge >= 0.3 is 0 Å². The summed E-state index contributed by atoms with van der Waals surface area (Å²) in [5.74, 6) is 1.91. The van der Waals surface area contributed by atoms with Crippen molar-refractivity contribution in [2.75, 3.05) is 12.1 Å². The molecule has 0 aliphatic carbocycles. The molecule has 128 valence electrons. The minimum atomic E-state index is -0.275. The van der Waals surface area contributed by atoms with E-state index in [0.717, 1.165) is 28.4 Å². The second kappa shape index (κ2) is 5.73. The monoisotopic (exact) mass is 348 g/mol. The van der Waals surface area contributed by atoms with Crippen molar-refractivity contribution in [3.63, 3.8) is 0 Å². The number of fused-ring (bicyclic) bond motifs is 2. The van der Waals surface area contributed by atoms with Crippen LogP contribution in [0.3, 0.4) is 0 Å². The molecule has 0 fully saturated rings. The molecular formula is C19H13FN4O2. The summed E-state index contributed by atoms with van der Waals surface area (Å²) >= 11 is 0. The Morgan fingerprint density at radius 1 is 1.00 bits per heavy atom. The number of anilines is 2. The molecule has 0 saturated heterocycles. The van der Waals surface area contributed by atoms with E-state index < -0.39 is 0 Å². The Balaban J connectivity index is 1.54. The fourth-order valence-corrected chi connectivity index (χ4v) is 2.94. The van der Waals surface area contributed by atoms with Crippen LogP contribution in [0.1, 0.15) is 0 Å². The first-order valence-corrected chi connectivity index (χ1v) is 8.03. The summed E-state index contributed by atoms with van der Waals surface area (Å²) in [6.07, 6.45) is 3.43. The first-order valence-electron chi connectivity index (χ1n) is 8.03. The van der Waals surface area contributed by atoms with Gasteiger partial charge in [0, 0.05) is 23.5 Å². The van der Waals surface area contributed by atoms with Crippen molar-refractivity contribution in [2.45, 2.75) is 0 Å². The van der Waals surface area contributed by atoms with E-state index in [9.17, 15) is 4.39 Å². The second-order valence-electron chi connectivity index (χ2n) is 5.82. The smallest absolute Gasteiger partial charge is 0.231 e. The number of rotatable bonds is 3. The molecule has 3 heterocycles. The molecule has 0 unspecified atom stereocenters. The molecule has 5 rings (SSSR count). The Hall–Kier alpha value is -3.61. The zero-order chi connectivity index (χ0) is 17.5. The summed E-state index contributed by atoms with van der Waals surface area (Å²) in [6.45, 7) is 0.235. The number of aromatic nitrogens is 3. The van der Waals surface area contributed by atoms with Gasteiger partial charge in [0.05, 0.1) is 6.20 Å². The molecule has 2 aromatic heterocycles. The lowest BCUT2D eigenvalue weighted by Crippen LogP contribution is -2.00. The maximum absolute atomic E-state index is 13.2. The van der Waals surface area contributed by atoms with Gasteiger partial charge in [-0.1, -0.05) is 12.1 Å². The van der Waals surface area contributed by atoms with E-state index in [0.29, 0.717) is 11.4 Å². The Morgan fingerprint density at radius 3 is 2.73 bits per heavy atom. The van der Waals surface area contributed by atoms with Gasteiger partial charge in [0.1, 0.15) is 11.6 Å². The van der Waals surface area contributed by atoms with Gasteiger partial charge in [0.2, 0.25) is 6.79 Å². The molecule has 0 bridgehead atoms. The minimum absolute atomic E-state index is 0.235. The molecule has 6 nitrogen and oxygen atoms in total. The number of halogens is 1. The van der Waals surface area contributed by atoms with Gasteiger partial charge in [-0.15, -0.1) is 0 Å². The van der Waals surface area contributed by atoms with Crippen molar-refractivity contribution < 1.29 is 13.9 Å². The van der Waals surface area contributed by atoms with Crippen LogP contribution in [0.4, 0.5) is 15.9 Å². The van der Waals surface area contributed by atoms with Crippen LogP contribution in [0.15, 0.2) is 60.9 Å². The molecule has 0 saturated carbocycles. The van der Waals surface area contributed by atoms with Crippen LogP contribution in [-0.4, -0.2) is 21.4 Å². The molecule has 2 aromatic carbocycles. The number of hydrogen-bond acceptors (Lipinski definition) is 5. The van der Waals surface area contributed by atoms with E-state index >= 15 is 0 Å². The van der Waals surface area contributed by atoms with Gasteiger partial charge in [0.15, 0.2) is 17.1 Å². The highest BCUT2D eigenvalue weighted by atomic mass is 19.1. The van der Waals surface area contributed by atoms with E-state index in [2.05, 4.69) is 15.4 Å². The second-order valence-corrected chi connectivity index (χ2v) is 5.82. The van der Waals surface area contributed by atoms with Gasteiger partial charge in [-0.2, -0.15) is 9.61 Å². The third-order valence-electron chi connectivity index (χ3n) is 4.20. The molecule has 1 N–H and O–H groups in total. The van der Waals surface area contributed by atoms with E-state index in [4.69, 9.17) is 9.47 Å². The SMILES string of the molecule is Fc1ccc(-c2cnn3c(Nc4ccc5c(c4)OCO5)ccnc23)cc1.